The number of benzene rings is 1. The lowest BCUT2D eigenvalue weighted by molar-refractivity contribution is -0.128. The summed E-state index contributed by atoms with van der Waals surface area (Å²) in [5, 5.41) is 18.2. The number of carboxylic acid groups (broad SMARTS) is 2. The molecule has 3 rings (SSSR count). The molecule has 1 aromatic rings. The Morgan fingerprint density at radius 1 is 1.15 bits per heavy atom. The van der Waals surface area contributed by atoms with Crippen LogP contribution in [0.1, 0.15) is 53.8 Å². The molecule has 2 atom stereocenters. The van der Waals surface area contributed by atoms with E-state index >= 15 is 0 Å². The molecule has 0 aliphatic heterocycles. The summed E-state index contributed by atoms with van der Waals surface area (Å²) in [6.07, 6.45) is 1.67. The van der Waals surface area contributed by atoms with Crippen molar-refractivity contribution in [2.24, 2.45) is 16.7 Å². The standard InChI is InChI=1S/C18H21NO7S/c1-17(2)12-3-4-18(17,14(20)8-12)9-27(25,26)19-13-6-10(15(21)22)5-11(7-13)16(23)24/h5-7,12,19H,3-4,8-9H2,1-2H3,(H,21,22)(H,23,24)/t12-,18+/m0/s1. The molecular formula is C18H21NO7S. The normalized spacial score (nSPS) is 26.1. The number of sulfonamides is 1. The van der Waals surface area contributed by atoms with E-state index in [0.29, 0.717) is 12.8 Å². The number of carboxylic acids is 2. The van der Waals surface area contributed by atoms with Crippen LogP contribution >= 0.6 is 0 Å². The zero-order valence-corrected chi connectivity index (χ0v) is 15.8. The van der Waals surface area contributed by atoms with Crippen LogP contribution in [0.2, 0.25) is 0 Å². The van der Waals surface area contributed by atoms with Crippen molar-refractivity contribution in [1.29, 1.82) is 0 Å². The van der Waals surface area contributed by atoms with Crippen LogP contribution < -0.4 is 4.72 Å². The molecule has 2 aliphatic rings. The van der Waals surface area contributed by atoms with Crippen molar-refractivity contribution in [2.45, 2.75) is 33.1 Å². The number of hydrogen-bond acceptors (Lipinski definition) is 5. The number of fused-ring (bicyclic) bond motifs is 2. The Kier molecular flexibility index (Phi) is 4.33. The van der Waals surface area contributed by atoms with Gasteiger partial charge in [0.25, 0.3) is 0 Å². The van der Waals surface area contributed by atoms with Crippen LogP contribution in [0.5, 0.6) is 0 Å². The van der Waals surface area contributed by atoms with Crippen LogP contribution in [0.3, 0.4) is 0 Å². The lowest BCUT2D eigenvalue weighted by Gasteiger charge is -2.36. The molecule has 2 fully saturated rings. The van der Waals surface area contributed by atoms with Gasteiger partial charge in [0, 0.05) is 6.42 Å². The molecule has 0 unspecified atom stereocenters. The largest absolute Gasteiger partial charge is 0.478 e. The van der Waals surface area contributed by atoms with E-state index in [1.807, 2.05) is 13.8 Å². The number of anilines is 1. The minimum absolute atomic E-state index is 0.0559. The Morgan fingerprint density at radius 2 is 1.70 bits per heavy atom. The molecule has 8 nitrogen and oxygen atoms in total. The average Bonchev–Trinajstić information content (AvgIpc) is 2.87. The molecule has 9 heteroatoms. The molecule has 2 aliphatic carbocycles. The van der Waals surface area contributed by atoms with Crippen LogP contribution in [0, 0.1) is 16.7 Å². The van der Waals surface area contributed by atoms with Crippen LogP contribution in [0.4, 0.5) is 5.69 Å². The minimum atomic E-state index is -4.01. The van der Waals surface area contributed by atoms with Gasteiger partial charge >= 0.3 is 11.9 Å². The molecular weight excluding hydrogens is 374 g/mol. The summed E-state index contributed by atoms with van der Waals surface area (Å²) in [6, 6.07) is 3.07. The van der Waals surface area contributed by atoms with Crippen LogP contribution in [-0.2, 0) is 14.8 Å². The summed E-state index contributed by atoms with van der Waals surface area (Å²) in [5.41, 5.74) is -2.24. The number of rotatable bonds is 6. The Labute approximate surface area is 156 Å². The SMILES string of the molecule is CC1(C)[C@H]2CC[C@@]1(CS(=O)(=O)Nc1cc(C(=O)O)cc(C(=O)O)c1)C(=O)C2. The van der Waals surface area contributed by atoms with E-state index in [1.54, 1.807) is 0 Å². The van der Waals surface area contributed by atoms with Gasteiger partial charge in [0.15, 0.2) is 0 Å². The van der Waals surface area contributed by atoms with Crippen molar-refractivity contribution in [3.63, 3.8) is 0 Å². The number of carbonyl (C=O) groups is 3. The quantitative estimate of drug-likeness (QED) is 0.671. The number of carbonyl (C=O) groups excluding carboxylic acids is 1. The molecule has 0 aromatic heterocycles. The van der Waals surface area contributed by atoms with Crippen molar-refractivity contribution in [3.05, 3.63) is 29.3 Å². The number of nitrogens with one attached hydrogen (secondary N) is 1. The summed E-state index contributed by atoms with van der Waals surface area (Å²) < 4.78 is 27.8. The van der Waals surface area contributed by atoms with Crippen molar-refractivity contribution in [1.82, 2.24) is 0 Å². The molecule has 0 amide bonds. The van der Waals surface area contributed by atoms with Crippen molar-refractivity contribution >= 4 is 33.4 Å². The lowest BCUT2D eigenvalue weighted by atomic mass is 9.70. The molecule has 2 bridgehead atoms. The third-order valence-electron chi connectivity index (χ3n) is 6.28. The fourth-order valence-electron chi connectivity index (χ4n) is 4.58. The molecule has 1 aromatic carbocycles. The molecule has 0 saturated heterocycles. The van der Waals surface area contributed by atoms with Crippen molar-refractivity contribution in [3.8, 4) is 0 Å². The van der Waals surface area contributed by atoms with E-state index in [2.05, 4.69) is 4.72 Å². The minimum Gasteiger partial charge on any atom is -0.478 e. The van der Waals surface area contributed by atoms with Gasteiger partial charge in [-0.2, -0.15) is 0 Å². The molecule has 2 saturated carbocycles. The maximum absolute atomic E-state index is 12.8. The van der Waals surface area contributed by atoms with Gasteiger partial charge in [0.1, 0.15) is 5.78 Å². The number of hydrogen-bond donors (Lipinski definition) is 3. The predicted molar refractivity (Wildman–Crippen MR) is 96.3 cm³/mol. The van der Waals surface area contributed by atoms with Gasteiger partial charge in [0.2, 0.25) is 10.0 Å². The summed E-state index contributed by atoms with van der Waals surface area (Å²) in [5.74, 6) is -3.04. The van der Waals surface area contributed by atoms with E-state index in [9.17, 15) is 22.8 Å². The molecule has 146 valence electrons. The highest BCUT2D eigenvalue weighted by atomic mass is 32.2. The first-order valence-electron chi connectivity index (χ1n) is 8.53. The summed E-state index contributed by atoms with van der Waals surface area (Å²) in [4.78, 5) is 34.9. The predicted octanol–water partition coefficient (Wildman–Crippen LogP) is 2.22. The maximum Gasteiger partial charge on any atom is 0.335 e. The lowest BCUT2D eigenvalue weighted by Crippen LogP contribution is -2.43. The van der Waals surface area contributed by atoms with Gasteiger partial charge in [-0.25, -0.2) is 18.0 Å². The van der Waals surface area contributed by atoms with Gasteiger partial charge in [-0.1, -0.05) is 13.8 Å². The third kappa shape index (κ3) is 3.09. The second kappa shape index (κ2) is 6.05. The highest BCUT2D eigenvalue weighted by molar-refractivity contribution is 7.92. The fourth-order valence-corrected chi connectivity index (χ4v) is 6.46. The molecule has 0 heterocycles. The first-order chi connectivity index (χ1) is 12.4. The maximum atomic E-state index is 12.8. The fraction of sp³-hybridized carbons (Fsp3) is 0.500. The summed E-state index contributed by atoms with van der Waals surface area (Å²) >= 11 is 0. The Hall–Kier alpha value is -2.42. The highest BCUT2D eigenvalue weighted by Crippen LogP contribution is 2.64. The van der Waals surface area contributed by atoms with Crippen LogP contribution in [0.25, 0.3) is 0 Å². The van der Waals surface area contributed by atoms with E-state index in [0.717, 1.165) is 24.6 Å². The van der Waals surface area contributed by atoms with Gasteiger partial charge in [-0.05, 0) is 42.4 Å². The number of Topliss-reactive ketones (excluding diaryl/α,β-unsaturated/α-hetero) is 1. The highest BCUT2D eigenvalue weighted by Gasteiger charge is 2.65. The third-order valence-corrected chi connectivity index (χ3v) is 7.70. The number of ketones is 1. The van der Waals surface area contributed by atoms with Gasteiger partial charge < -0.3 is 10.2 Å². The first-order valence-corrected chi connectivity index (χ1v) is 10.2. The summed E-state index contributed by atoms with van der Waals surface area (Å²) in [6.45, 7) is 3.83. The van der Waals surface area contributed by atoms with Gasteiger partial charge in [0.05, 0.1) is 28.0 Å². The second-order valence-electron chi connectivity index (χ2n) is 7.94. The topological polar surface area (TPSA) is 138 Å². The van der Waals surface area contributed by atoms with E-state index < -0.39 is 38.5 Å². The molecule has 3 N–H and O–H groups in total. The second-order valence-corrected chi connectivity index (χ2v) is 9.66. The van der Waals surface area contributed by atoms with Crippen LogP contribution in [-0.4, -0.2) is 42.1 Å². The van der Waals surface area contributed by atoms with Crippen LogP contribution in [0.15, 0.2) is 18.2 Å². The Bertz CT molecular complexity index is 918. The Morgan fingerprint density at radius 3 is 2.11 bits per heavy atom. The zero-order valence-electron chi connectivity index (χ0n) is 15.0. The smallest absolute Gasteiger partial charge is 0.335 e. The van der Waals surface area contributed by atoms with Gasteiger partial charge in [-0.3, -0.25) is 9.52 Å². The number of aromatic carboxylic acids is 2. The summed E-state index contributed by atoms with van der Waals surface area (Å²) in [7, 11) is -4.01. The van der Waals surface area contributed by atoms with E-state index in [1.165, 1.54) is 0 Å². The van der Waals surface area contributed by atoms with Crippen molar-refractivity contribution in [2.75, 3.05) is 10.5 Å². The molecule has 0 spiro atoms. The Balaban J connectivity index is 1.93. The average molecular weight is 395 g/mol. The molecule has 0 radical (unpaired) electrons. The van der Waals surface area contributed by atoms with Crippen molar-refractivity contribution < 1.29 is 33.0 Å². The first kappa shape index (κ1) is 19.3. The molecule has 27 heavy (non-hydrogen) atoms. The van der Waals surface area contributed by atoms with E-state index in [-0.39, 0.29) is 28.5 Å². The van der Waals surface area contributed by atoms with Gasteiger partial charge in [-0.15, -0.1) is 0 Å². The monoisotopic (exact) mass is 395 g/mol. The zero-order chi connectivity index (χ0) is 20.2. The van der Waals surface area contributed by atoms with E-state index in [4.69, 9.17) is 10.2 Å².